The maximum atomic E-state index is 6.14. The van der Waals surface area contributed by atoms with Crippen LogP contribution in [0.25, 0.3) is 0 Å². The van der Waals surface area contributed by atoms with Gasteiger partial charge in [-0.3, -0.25) is 4.98 Å². The van der Waals surface area contributed by atoms with E-state index in [-0.39, 0.29) is 5.92 Å². The number of pyridine rings is 1. The monoisotopic (exact) mass is 280 g/mol. The summed E-state index contributed by atoms with van der Waals surface area (Å²) in [5.74, 6) is 2.39. The van der Waals surface area contributed by atoms with Crippen molar-refractivity contribution in [2.75, 3.05) is 5.73 Å². The molecule has 0 amide bonds. The fraction of sp³-hybridized carbons (Fsp3) is 0.471. The lowest BCUT2D eigenvalue weighted by Crippen LogP contribution is -2.17. The second kappa shape index (κ2) is 4.79. The Bertz CT molecular complexity index is 691. The molecule has 21 heavy (non-hydrogen) atoms. The van der Waals surface area contributed by atoms with E-state index in [1.807, 2.05) is 19.2 Å². The lowest BCUT2D eigenvalue weighted by Gasteiger charge is -2.25. The number of nitrogens with zero attached hydrogens (tertiary/aromatic N) is 3. The summed E-state index contributed by atoms with van der Waals surface area (Å²) in [6, 6.07) is 4.22. The van der Waals surface area contributed by atoms with Crippen LogP contribution in [0, 0.1) is 6.92 Å². The molecule has 0 bridgehead atoms. The molecular weight excluding hydrogens is 260 g/mol. The number of nitrogen functional groups attached to an aromatic ring is 1. The Morgan fingerprint density at radius 2 is 2.00 bits per heavy atom. The smallest absolute Gasteiger partial charge is 0.134 e. The molecule has 0 aliphatic heterocycles. The van der Waals surface area contributed by atoms with E-state index in [9.17, 15) is 0 Å². The van der Waals surface area contributed by atoms with Crippen molar-refractivity contribution in [1.82, 2.24) is 15.0 Å². The highest BCUT2D eigenvalue weighted by Crippen LogP contribution is 2.41. The second-order valence-electron chi connectivity index (χ2n) is 6.24. The zero-order valence-electron chi connectivity index (χ0n) is 12.3. The molecule has 1 fully saturated rings. The highest BCUT2D eigenvalue weighted by atomic mass is 15.0. The van der Waals surface area contributed by atoms with Crippen LogP contribution in [-0.4, -0.2) is 15.0 Å². The molecule has 1 saturated carbocycles. The predicted octanol–water partition coefficient (Wildman–Crippen LogP) is 3.11. The zero-order valence-corrected chi connectivity index (χ0v) is 12.3. The Balaban J connectivity index is 1.83. The van der Waals surface area contributed by atoms with E-state index in [2.05, 4.69) is 16.0 Å². The van der Waals surface area contributed by atoms with Gasteiger partial charge in [-0.1, -0.05) is 6.07 Å². The molecule has 4 rings (SSSR count). The fourth-order valence-electron chi connectivity index (χ4n) is 3.31. The Hall–Kier alpha value is -1.97. The van der Waals surface area contributed by atoms with Crippen molar-refractivity contribution in [3.63, 3.8) is 0 Å². The maximum Gasteiger partial charge on any atom is 0.134 e. The number of aromatic nitrogens is 3. The first-order chi connectivity index (χ1) is 10.2. The molecule has 2 N–H and O–H groups in total. The minimum Gasteiger partial charge on any atom is -0.383 e. The van der Waals surface area contributed by atoms with Gasteiger partial charge in [-0.15, -0.1) is 0 Å². The SMILES string of the molecule is Cc1c(N)nc(C2CC2)nc1C1CCCc2cccnc21. The molecule has 108 valence electrons. The summed E-state index contributed by atoms with van der Waals surface area (Å²) in [7, 11) is 0. The van der Waals surface area contributed by atoms with Crippen LogP contribution in [0.15, 0.2) is 18.3 Å². The van der Waals surface area contributed by atoms with Crippen LogP contribution in [0.5, 0.6) is 0 Å². The molecule has 2 heterocycles. The summed E-state index contributed by atoms with van der Waals surface area (Å²) < 4.78 is 0. The van der Waals surface area contributed by atoms with Crippen LogP contribution in [0.3, 0.4) is 0 Å². The summed E-state index contributed by atoms with van der Waals surface area (Å²) in [5, 5.41) is 0. The largest absolute Gasteiger partial charge is 0.383 e. The third kappa shape index (κ3) is 2.19. The van der Waals surface area contributed by atoms with Gasteiger partial charge in [-0.2, -0.15) is 0 Å². The van der Waals surface area contributed by atoms with Crippen molar-refractivity contribution in [2.45, 2.75) is 50.9 Å². The number of hydrogen-bond donors (Lipinski definition) is 1. The van der Waals surface area contributed by atoms with Gasteiger partial charge in [0.1, 0.15) is 11.6 Å². The highest BCUT2D eigenvalue weighted by Gasteiger charge is 2.31. The molecule has 1 unspecified atom stereocenters. The van der Waals surface area contributed by atoms with Crippen LogP contribution < -0.4 is 5.73 Å². The van der Waals surface area contributed by atoms with E-state index in [0.717, 1.165) is 29.9 Å². The van der Waals surface area contributed by atoms with Gasteiger partial charge in [0.05, 0.1) is 11.4 Å². The minimum absolute atomic E-state index is 0.276. The van der Waals surface area contributed by atoms with Crippen molar-refractivity contribution in [3.8, 4) is 0 Å². The summed E-state index contributed by atoms with van der Waals surface area (Å²) in [6.07, 6.45) is 7.69. The van der Waals surface area contributed by atoms with Crippen molar-refractivity contribution in [1.29, 1.82) is 0 Å². The van der Waals surface area contributed by atoms with Crippen molar-refractivity contribution in [3.05, 3.63) is 46.7 Å². The van der Waals surface area contributed by atoms with Gasteiger partial charge in [0.25, 0.3) is 0 Å². The van der Waals surface area contributed by atoms with Gasteiger partial charge in [-0.05, 0) is 50.7 Å². The van der Waals surface area contributed by atoms with E-state index >= 15 is 0 Å². The molecule has 2 aromatic heterocycles. The first kappa shape index (κ1) is 12.7. The molecule has 2 aliphatic rings. The quantitative estimate of drug-likeness (QED) is 0.918. The molecule has 1 atom stereocenters. The zero-order chi connectivity index (χ0) is 14.4. The summed E-state index contributed by atoms with van der Waals surface area (Å²) in [4.78, 5) is 14.0. The number of aryl methyl sites for hydroxylation is 1. The van der Waals surface area contributed by atoms with Crippen molar-refractivity contribution in [2.24, 2.45) is 0 Å². The topological polar surface area (TPSA) is 64.7 Å². The lowest BCUT2D eigenvalue weighted by atomic mass is 9.83. The van der Waals surface area contributed by atoms with Gasteiger partial charge < -0.3 is 5.73 Å². The van der Waals surface area contributed by atoms with E-state index < -0.39 is 0 Å². The van der Waals surface area contributed by atoms with Crippen LogP contribution in [0.1, 0.15) is 65.9 Å². The molecule has 2 aromatic rings. The highest BCUT2D eigenvalue weighted by molar-refractivity contribution is 5.46. The summed E-state index contributed by atoms with van der Waals surface area (Å²) in [6.45, 7) is 2.04. The normalized spacial score (nSPS) is 21.1. The van der Waals surface area contributed by atoms with Crippen molar-refractivity contribution < 1.29 is 0 Å². The Labute approximate surface area is 124 Å². The molecule has 0 radical (unpaired) electrons. The average Bonchev–Trinajstić information content (AvgIpc) is 3.34. The number of rotatable bonds is 2. The average molecular weight is 280 g/mol. The first-order valence-corrected chi connectivity index (χ1v) is 7.81. The van der Waals surface area contributed by atoms with E-state index in [0.29, 0.717) is 11.7 Å². The molecule has 0 aromatic carbocycles. The number of fused-ring (bicyclic) bond motifs is 1. The first-order valence-electron chi connectivity index (χ1n) is 7.81. The molecule has 0 saturated heterocycles. The number of nitrogens with two attached hydrogens (primary N) is 1. The van der Waals surface area contributed by atoms with Gasteiger partial charge in [0, 0.05) is 23.6 Å². The van der Waals surface area contributed by atoms with Gasteiger partial charge in [-0.25, -0.2) is 9.97 Å². The van der Waals surface area contributed by atoms with Gasteiger partial charge in [0.2, 0.25) is 0 Å². The van der Waals surface area contributed by atoms with E-state index in [1.54, 1.807) is 0 Å². The summed E-state index contributed by atoms with van der Waals surface area (Å²) in [5.41, 5.74) is 10.8. The third-order valence-electron chi connectivity index (χ3n) is 4.71. The Morgan fingerprint density at radius 1 is 1.14 bits per heavy atom. The lowest BCUT2D eigenvalue weighted by molar-refractivity contribution is 0.581. The molecule has 4 nitrogen and oxygen atoms in total. The molecule has 4 heteroatoms. The minimum atomic E-state index is 0.276. The summed E-state index contributed by atoms with van der Waals surface area (Å²) >= 11 is 0. The maximum absolute atomic E-state index is 6.14. The fourth-order valence-corrected chi connectivity index (χ4v) is 3.31. The number of hydrogen-bond acceptors (Lipinski definition) is 4. The molecule has 0 spiro atoms. The van der Waals surface area contributed by atoms with Crippen LogP contribution in [0.4, 0.5) is 5.82 Å². The Morgan fingerprint density at radius 3 is 2.81 bits per heavy atom. The predicted molar refractivity (Wildman–Crippen MR) is 82.2 cm³/mol. The van der Waals surface area contributed by atoms with Crippen LogP contribution in [-0.2, 0) is 6.42 Å². The molecule has 2 aliphatic carbocycles. The van der Waals surface area contributed by atoms with E-state index in [4.69, 9.17) is 10.7 Å². The van der Waals surface area contributed by atoms with E-state index in [1.165, 1.54) is 30.5 Å². The van der Waals surface area contributed by atoms with Crippen LogP contribution >= 0.6 is 0 Å². The Kier molecular flexibility index (Phi) is 2.91. The van der Waals surface area contributed by atoms with Gasteiger partial charge in [0.15, 0.2) is 0 Å². The van der Waals surface area contributed by atoms with Crippen LogP contribution in [0.2, 0.25) is 0 Å². The standard InChI is InChI=1S/C17H20N4/c1-10-14(20-17(12-7-8-12)21-16(10)18)13-6-2-4-11-5-3-9-19-15(11)13/h3,5,9,12-13H,2,4,6-8H2,1H3,(H2,18,20,21). The van der Waals surface area contributed by atoms with Gasteiger partial charge >= 0.3 is 0 Å². The molecular formula is C17H20N4. The number of anilines is 1. The third-order valence-corrected chi connectivity index (χ3v) is 4.71. The van der Waals surface area contributed by atoms with Crippen molar-refractivity contribution >= 4 is 5.82 Å². The second-order valence-corrected chi connectivity index (χ2v) is 6.24.